The van der Waals surface area contributed by atoms with E-state index >= 15 is 0 Å². The minimum absolute atomic E-state index is 0.634. The lowest BCUT2D eigenvalue weighted by Gasteiger charge is -2.06. The number of ether oxygens (including phenoxy) is 1. The van der Waals surface area contributed by atoms with Gasteiger partial charge >= 0.3 is 0 Å². The number of aliphatic imine (C=N–C) groups is 2. The van der Waals surface area contributed by atoms with Gasteiger partial charge in [0.05, 0.1) is 12.2 Å². The van der Waals surface area contributed by atoms with Crippen molar-refractivity contribution in [2.24, 2.45) is 9.98 Å². The first-order chi connectivity index (χ1) is 9.43. The fourth-order valence-electron chi connectivity index (χ4n) is 1.94. The molecule has 0 fully saturated rings. The van der Waals surface area contributed by atoms with Crippen LogP contribution in [0.5, 0.6) is 0 Å². The van der Waals surface area contributed by atoms with Gasteiger partial charge in [0.2, 0.25) is 5.90 Å². The standard InChI is InChI=1S/C16H14N2O/c1-3-7-13(8-4-1)15(16-17-11-12-19-16)18-14-9-5-2-6-10-14/h1-10H,11-12H2. The minimum Gasteiger partial charge on any atom is -0.474 e. The maximum absolute atomic E-state index is 5.56. The Hall–Kier alpha value is -2.42. The van der Waals surface area contributed by atoms with Crippen LogP contribution in [0.1, 0.15) is 5.56 Å². The molecule has 0 radical (unpaired) electrons. The zero-order chi connectivity index (χ0) is 12.9. The van der Waals surface area contributed by atoms with E-state index in [1.807, 2.05) is 60.7 Å². The van der Waals surface area contributed by atoms with Crippen LogP contribution in [0.25, 0.3) is 0 Å². The zero-order valence-corrected chi connectivity index (χ0v) is 10.5. The van der Waals surface area contributed by atoms with Crippen molar-refractivity contribution in [3.05, 3.63) is 66.2 Å². The molecule has 1 aliphatic rings. The van der Waals surface area contributed by atoms with E-state index in [9.17, 15) is 0 Å². The summed E-state index contributed by atoms with van der Waals surface area (Å²) in [5.74, 6) is 0.634. The van der Waals surface area contributed by atoms with Crippen LogP contribution in [0.3, 0.4) is 0 Å². The molecule has 1 heterocycles. The smallest absolute Gasteiger partial charge is 0.236 e. The molecule has 2 aromatic rings. The number of benzene rings is 2. The van der Waals surface area contributed by atoms with Gasteiger partial charge in [0.25, 0.3) is 0 Å². The van der Waals surface area contributed by atoms with Crippen molar-refractivity contribution >= 4 is 17.3 Å². The predicted molar refractivity (Wildman–Crippen MR) is 77.3 cm³/mol. The van der Waals surface area contributed by atoms with E-state index in [1.54, 1.807) is 0 Å². The third-order valence-corrected chi connectivity index (χ3v) is 2.83. The molecule has 0 atom stereocenters. The summed E-state index contributed by atoms with van der Waals surface area (Å²) in [6, 6.07) is 19.9. The third kappa shape index (κ3) is 2.71. The zero-order valence-electron chi connectivity index (χ0n) is 10.5. The molecular weight excluding hydrogens is 236 g/mol. The molecule has 3 rings (SSSR count). The van der Waals surface area contributed by atoms with Crippen molar-refractivity contribution in [2.75, 3.05) is 13.2 Å². The molecule has 19 heavy (non-hydrogen) atoms. The lowest BCUT2D eigenvalue weighted by molar-refractivity contribution is 0.353. The second-order valence-corrected chi connectivity index (χ2v) is 4.20. The quantitative estimate of drug-likeness (QED) is 0.770. The summed E-state index contributed by atoms with van der Waals surface area (Å²) in [5, 5.41) is 0. The molecule has 1 aliphatic heterocycles. The highest BCUT2D eigenvalue weighted by molar-refractivity contribution is 6.46. The van der Waals surface area contributed by atoms with Crippen LogP contribution in [0.4, 0.5) is 5.69 Å². The van der Waals surface area contributed by atoms with Gasteiger partial charge in [-0.2, -0.15) is 0 Å². The lowest BCUT2D eigenvalue weighted by Crippen LogP contribution is -2.15. The molecule has 0 spiro atoms. The van der Waals surface area contributed by atoms with Gasteiger partial charge in [0.1, 0.15) is 12.3 Å². The largest absolute Gasteiger partial charge is 0.474 e. The van der Waals surface area contributed by atoms with E-state index < -0.39 is 0 Å². The molecule has 3 heteroatoms. The highest BCUT2D eigenvalue weighted by Gasteiger charge is 2.17. The molecule has 0 amide bonds. The molecule has 0 unspecified atom stereocenters. The van der Waals surface area contributed by atoms with E-state index in [0.717, 1.165) is 17.0 Å². The maximum Gasteiger partial charge on any atom is 0.236 e. The molecule has 0 aliphatic carbocycles. The summed E-state index contributed by atoms with van der Waals surface area (Å²) >= 11 is 0. The fourth-order valence-corrected chi connectivity index (χ4v) is 1.94. The average Bonchev–Trinajstić information content (AvgIpc) is 3.01. The summed E-state index contributed by atoms with van der Waals surface area (Å²) < 4.78 is 5.56. The van der Waals surface area contributed by atoms with Gasteiger partial charge in [-0.15, -0.1) is 0 Å². The minimum atomic E-state index is 0.634. The van der Waals surface area contributed by atoms with Crippen LogP contribution in [0.2, 0.25) is 0 Å². The van der Waals surface area contributed by atoms with Crippen molar-refractivity contribution < 1.29 is 4.74 Å². The highest BCUT2D eigenvalue weighted by Crippen LogP contribution is 2.15. The molecule has 0 saturated carbocycles. The van der Waals surface area contributed by atoms with Gasteiger partial charge in [-0.3, -0.25) is 0 Å². The monoisotopic (exact) mass is 250 g/mol. The van der Waals surface area contributed by atoms with E-state index in [-0.39, 0.29) is 0 Å². The van der Waals surface area contributed by atoms with Gasteiger partial charge in [-0.05, 0) is 12.1 Å². The van der Waals surface area contributed by atoms with Crippen LogP contribution in [-0.2, 0) is 4.74 Å². The Kier molecular flexibility index (Phi) is 3.36. The summed E-state index contributed by atoms with van der Waals surface area (Å²) in [6.07, 6.45) is 0. The van der Waals surface area contributed by atoms with Crippen LogP contribution in [-0.4, -0.2) is 24.8 Å². The second kappa shape index (κ2) is 5.48. The van der Waals surface area contributed by atoms with Crippen LogP contribution >= 0.6 is 0 Å². The summed E-state index contributed by atoms with van der Waals surface area (Å²) in [7, 11) is 0. The van der Waals surface area contributed by atoms with E-state index in [1.165, 1.54) is 0 Å². The van der Waals surface area contributed by atoms with Gasteiger partial charge < -0.3 is 4.74 Å². The topological polar surface area (TPSA) is 34.0 Å². The van der Waals surface area contributed by atoms with Gasteiger partial charge in [-0.1, -0.05) is 48.5 Å². The first kappa shape index (κ1) is 11.7. The molecule has 0 aromatic heterocycles. The molecule has 0 bridgehead atoms. The Morgan fingerprint density at radius 1 is 0.947 bits per heavy atom. The maximum atomic E-state index is 5.56. The molecule has 94 valence electrons. The molecule has 3 nitrogen and oxygen atoms in total. The molecule has 2 aromatic carbocycles. The predicted octanol–water partition coefficient (Wildman–Crippen LogP) is 3.24. The Morgan fingerprint density at radius 2 is 1.63 bits per heavy atom. The number of hydrogen-bond donors (Lipinski definition) is 0. The number of para-hydroxylation sites is 1. The summed E-state index contributed by atoms with van der Waals surface area (Å²) in [5.41, 5.74) is 2.72. The number of rotatable bonds is 3. The Balaban J connectivity index is 2.04. The van der Waals surface area contributed by atoms with Gasteiger partial charge in [0, 0.05) is 5.56 Å². The van der Waals surface area contributed by atoms with E-state index in [0.29, 0.717) is 19.0 Å². The average molecular weight is 250 g/mol. The van der Waals surface area contributed by atoms with Crippen LogP contribution < -0.4 is 0 Å². The van der Waals surface area contributed by atoms with Gasteiger partial charge in [-0.25, -0.2) is 9.98 Å². The van der Waals surface area contributed by atoms with Crippen molar-refractivity contribution in [2.45, 2.75) is 0 Å². The third-order valence-electron chi connectivity index (χ3n) is 2.83. The van der Waals surface area contributed by atoms with Crippen LogP contribution in [0.15, 0.2) is 70.6 Å². The second-order valence-electron chi connectivity index (χ2n) is 4.20. The summed E-state index contributed by atoms with van der Waals surface area (Å²) in [4.78, 5) is 9.04. The van der Waals surface area contributed by atoms with Crippen molar-refractivity contribution in [1.29, 1.82) is 0 Å². The molecule has 0 saturated heterocycles. The lowest BCUT2D eigenvalue weighted by atomic mass is 10.1. The highest BCUT2D eigenvalue weighted by atomic mass is 16.5. The first-order valence-corrected chi connectivity index (χ1v) is 6.30. The Bertz CT molecular complexity index is 603. The first-order valence-electron chi connectivity index (χ1n) is 6.30. The van der Waals surface area contributed by atoms with E-state index in [4.69, 9.17) is 4.74 Å². The Morgan fingerprint density at radius 3 is 2.26 bits per heavy atom. The van der Waals surface area contributed by atoms with Crippen molar-refractivity contribution in [3.63, 3.8) is 0 Å². The Labute approximate surface area is 112 Å². The van der Waals surface area contributed by atoms with E-state index in [2.05, 4.69) is 9.98 Å². The van der Waals surface area contributed by atoms with Crippen molar-refractivity contribution in [3.8, 4) is 0 Å². The van der Waals surface area contributed by atoms with Crippen molar-refractivity contribution in [1.82, 2.24) is 0 Å². The van der Waals surface area contributed by atoms with Gasteiger partial charge in [0.15, 0.2) is 0 Å². The van der Waals surface area contributed by atoms with Crippen LogP contribution in [0, 0.1) is 0 Å². The fraction of sp³-hybridized carbons (Fsp3) is 0.125. The molecular formula is C16H14N2O. The number of nitrogens with zero attached hydrogens (tertiary/aromatic N) is 2. The summed E-state index contributed by atoms with van der Waals surface area (Å²) in [6.45, 7) is 1.34. The normalized spacial score (nSPS) is 14.9. The molecule has 0 N–H and O–H groups in total. The number of hydrogen-bond acceptors (Lipinski definition) is 3. The SMILES string of the molecule is c1ccc(N=C(C2=NCCO2)c2ccccc2)cc1.